The van der Waals surface area contributed by atoms with Crippen LogP contribution in [0.15, 0.2) is 12.7 Å². The van der Waals surface area contributed by atoms with Crippen molar-refractivity contribution in [3.8, 4) is 0 Å². The summed E-state index contributed by atoms with van der Waals surface area (Å²) in [7, 11) is 0. The third-order valence-corrected chi connectivity index (χ3v) is 3.32. The fraction of sp³-hybridized carbons (Fsp3) is 0.600. The van der Waals surface area contributed by atoms with Crippen molar-refractivity contribution in [3.05, 3.63) is 12.7 Å². The van der Waals surface area contributed by atoms with Gasteiger partial charge in [-0.25, -0.2) is 9.59 Å². The van der Waals surface area contributed by atoms with E-state index in [-0.39, 0.29) is 6.03 Å². The molecule has 2 amide bonds. The first kappa shape index (κ1) is 12.9. The summed E-state index contributed by atoms with van der Waals surface area (Å²) in [4.78, 5) is 24.0. The predicted molar refractivity (Wildman–Crippen MR) is 63.7 cm³/mol. The van der Waals surface area contributed by atoms with Crippen molar-refractivity contribution in [2.45, 2.75) is 12.5 Å². The van der Waals surface area contributed by atoms with E-state index < -0.39 is 12.0 Å². The molecule has 0 aromatic rings. The first-order valence-electron chi connectivity index (χ1n) is 5.12. The van der Waals surface area contributed by atoms with E-state index in [1.807, 2.05) is 0 Å². The van der Waals surface area contributed by atoms with Crippen LogP contribution in [0.5, 0.6) is 0 Å². The van der Waals surface area contributed by atoms with Crippen molar-refractivity contribution in [1.82, 2.24) is 10.2 Å². The van der Waals surface area contributed by atoms with Crippen molar-refractivity contribution in [3.63, 3.8) is 0 Å². The van der Waals surface area contributed by atoms with Crippen LogP contribution < -0.4 is 5.32 Å². The van der Waals surface area contributed by atoms with Crippen molar-refractivity contribution in [2.24, 2.45) is 0 Å². The number of carbonyl (C=O) groups is 2. The Balaban J connectivity index is 2.50. The van der Waals surface area contributed by atoms with Gasteiger partial charge in [-0.15, -0.1) is 6.58 Å². The molecule has 1 atom stereocenters. The molecule has 0 aromatic heterocycles. The van der Waals surface area contributed by atoms with Gasteiger partial charge in [0, 0.05) is 24.6 Å². The zero-order chi connectivity index (χ0) is 12.0. The monoisotopic (exact) mass is 244 g/mol. The molecule has 1 aliphatic rings. The van der Waals surface area contributed by atoms with Crippen LogP contribution in [0.2, 0.25) is 0 Å². The molecule has 1 heterocycles. The SMILES string of the molecule is C=CCCNC(=O)N1CCSCC1C(=O)O. The number of amides is 2. The van der Waals surface area contributed by atoms with E-state index >= 15 is 0 Å². The third-order valence-electron chi connectivity index (χ3n) is 2.30. The third kappa shape index (κ3) is 3.44. The van der Waals surface area contributed by atoms with Crippen LogP contribution in [0.25, 0.3) is 0 Å². The molecule has 0 saturated carbocycles. The van der Waals surface area contributed by atoms with Crippen molar-refractivity contribution < 1.29 is 14.7 Å². The number of nitrogens with zero attached hydrogens (tertiary/aromatic N) is 1. The highest BCUT2D eigenvalue weighted by atomic mass is 32.2. The van der Waals surface area contributed by atoms with Gasteiger partial charge in [0.15, 0.2) is 0 Å². The number of carbonyl (C=O) groups excluding carboxylic acids is 1. The number of hydrogen-bond donors (Lipinski definition) is 2. The number of nitrogens with one attached hydrogen (secondary N) is 1. The number of carboxylic acids is 1. The van der Waals surface area contributed by atoms with Crippen LogP contribution >= 0.6 is 11.8 Å². The van der Waals surface area contributed by atoms with E-state index in [1.54, 1.807) is 17.8 Å². The molecule has 1 rings (SSSR count). The smallest absolute Gasteiger partial charge is 0.327 e. The average Bonchev–Trinajstić information content (AvgIpc) is 2.29. The van der Waals surface area contributed by atoms with Gasteiger partial charge < -0.3 is 15.3 Å². The van der Waals surface area contributed by atoms with Crippen LogP contribution in [0.4, 0.5) is 4.79 Å². The van der Waals surface area contributed by atoms with Crippen molar-refractivity contribution in [1.29, 1.82) is 0 Å². The molecular formula is C10H16N2O3S. The van der Waals surface area contributed by atoms with Crippen molar-refractivity contribution in [2.75, 3.05) is 24.6 Å². The largest absolute Gasteiger partial charge is 0.480 e. The number of hydrogen-bond acceptors (Lipinski definition) is 3. The van der Waals surface area contributed by atoms with E-state index in [9.17, 15) is 9.59 Å². The zero-order valence-corrected chi connectivity index (χ0v) is 9.83. The van der Waals surface area contributed by atoms with E-state index in [0.29, 0.717) is 25.3 Å². The van der Waals surface area contributed by atoms with Gasteiger partial charge in [-0.2, -0.15) is 11.8 Å². The Morgan fingerprint density at radius 1 is 1.62 bits per heavy atom. The fourth-order valence-corrected chi connectivity index (χ4v) is 2.47. The highest BCUT2D eigenvalue weighted by molar-refractivity contribution is 7.99. The lowest BCUT2D eigenvalue weighted by Crippen LogP contribution is -2.53. The van der Waals surface area contributed by atoms with Gasteiger partial charge in [-0.3, -0.25) is 0 Å². The van der Waals surface area contributed by atoms with Gasteiger partial charge in [0.25, 0.3) is 0 Å². The van der Waals surface area contributed by atoms with E-state index in [4.69, 9.17) is 5.11 Å². The second kappa shape index (κ2) is 6.42. The summed E-state index contributed by atoms with van der Waals surface area (Å²) < 4.78 is 0. The van der Waals surface area contributed by atoms with E-state index in [1.165, 1.54) is 4.90 Å². The summed E-state index contributed by atoms with van der Waals surface area (Å²) in [6.45, 7) is 4.54. The number of rotatable bonds is 4. The molecule has 1 aliphatic heterocycles. The Morgan fingerprint density at radius 3 is 3.00 bits per heavy atom. The summed E-state index contributed by atoms with van der Waals surface area (Å²) in [5, 5.41) is 11.7. The lowest BCUT2D eigenvalue weighted by Gasteiger charge is -2.32. The first-order chi connectivity index (χ1) is 7.66. The molecule has 0 bridgehead atoms. The molecule has 90 valence electrons. The van der Waals surface area contributed by atoms with Gasteiger partial charge in [0.1, 0.15) is 6.04 Å². The van der Waals surface area contributed by atoms with Gasteiger partial charge in [0.05, 0.1) is 0 Å². The lowest BCUT2D eigenvalue weighted by molar-refractivity contribution is -0.141. The normalized spacial score (nSPS) is 20.2. The number of carboxylic acid groups (broad SMARTS) is 1. The molecule has 2 N–H and O–H groups in total. The Morgan fingerprint density at radius 2 is 2.38 bits per heavy atom. The molecule has 0 aliphatic carbocycles. The lowest BCUT2D eigenvalue weighted by atomic mass is 10.3. The van der Waals surface area contributed by atoms with Crippen LogP contribution in [-0.4, -0.2) is 52.6 Å². The minimum atomic E-state index is -0.939. The van der Waals surface area contributed by atoms with Gasteiger partial charge in [0.2, 0.25) is 0 Å². The van der Waals surface area contributed by atoms with Crippen molar-refractivity contribution >= 4 is 23.8 Å². The Kier molecular flexibility index (Phi) is 5.18. The molecule has 0 radical (unpaired) electrons. The molecule has 6 heteroatoms. The van der Waals surface area contributed by atoms with E-state index in [0.717, 1.165) is 5.75 Å². The summed E-state index contributed by atoms with van der Waals surface area (Å²) in [6.07, 6.45) is 2.40. The molecule has 0 spiro atoms. The quantitative estimate of drug-likeness (QED) is 0.566. The maximum atomic E-state index is 11.7. The molecule has 1 unspecified atom stereocenters. The number of thioether (sulfide) groups is 1. The Bertz CT molecular complexity index is 283. The highest BCUT2D eigenvalue weighted by Crippen LogP contribution is 2.16. The highest BCUT2D eigenvalue weighted by Gasteiger charge is 2.31. The molecule has 16 heavy (non-hydrogen) atoms. The van der Waals surface area contributed by atoms with Gasteiger partial charge in [-0.05, 0) is 6.42 Å². The summed E-state index contributed by atoms with van der Waals surface area (Å²) >= 11 is 1.56. The second-order valence-electron chi connectivity index (χ2n) is 3.43. The van der Waals surface area contributed by atoms with Crippen LogP contribution in [-0.2, 0) is 4.79 Å². The second-order valence-corrected chi connectivity index (χ2v) is 4.58. The molecule has 1 fully saturated rings. The predicted octanol–water partition coefficient (Wildman–Crippen LogP) is 0.774. The fourth-order valence-electron chi connectivity index (χ4n) is 1.43. The topological polar surface area (TPSA) is 69.6 Å². The van der Waals surface area contributed by atoms with Crippen LogP contribution in [0.1, 0.15) is 6.42 Å². The standard InChI is InChI=1S/C10H16N2O3S/c1-2-3-4-11-10(15)12-5-6-16-7-8(12)9(13)14/h2,8H,1,3-7H2,(H,11,15)(H,13,14). The number of urea groups is 1. The number of aliphatic carboxylic acids is 1. The Labute approximate surface area is 98.9 Å². The molecule has 5 nitrogen and oxygen atoms in total. The van der Waals surface area contributed by atoms with Gasteiger partial charge in [-0.1, -0.05) is 6.08 Å². The van der Waals surface area contributed by atoms with Crippen LogP contribution in [0.3, 0.4) is 0 Å². The maximum Gasteiger partial charge on any atom is 0.327 e. The summed E-state index contributed by atoms with van der Waals surface area (Å²) in [5.74, 6) is 0.314. The average molecular weight is 244 g/mol. The summed E-state index contributed by atoms with van der Waals surface area (Å²) in [5.41, 5.74) is 0. The summed E-state index contributed by atoms with van der Waals surface area (Å²) in [6, 6.07) is -1.00. The molecule has 1 saturated heterocycles. The Hall–Kier alpha value is -1.17. The minimum absolute atomic E-state index is 0.297. The van der Waals surface area contributed by atoms with Gasteiger partial charge >= 0.3 is 12.0 Å². The van der Waals surface area contributed by atoms with E-state index in [2.05, 4.69) is 11.9 Å². The molecule has 0 aromatic carbocycles. The zero-order valence-electron chi connectivity index (χ0n) is 9.02. The maximum absolute atomic E-state index is 11.7. The first-order valence-corrected chi connectivity index (χ1v) is 6.28. The molecular weight excluding hydrogens is 228 g/mol. The van der Waals surface area contributed by atoms with Crippen LogP contribution in [0, 0.1) is 0 Å². The minimum Gasteiger partial charge on any atom is -0.480 e.